The molecule has 1 aliphatic heterocycles. The number of hydrogen-bond donors (Lipinski definition) is 1. The molecule has 0 aromatic carbocycles. The first-order chi connectivity index (χ1) is 12.2. The Balaban J connectivity index is 0.00000364. The van der Waals surface area contributed by atoms with Gasteiger partial charge in [-0.05, 0) is 27.2 Å². The largest absolute Gasteiger partial charge is 0.357 e. The molecule has 0 aliphatic carbocycles. The maximum atomic E-state index is 12.2. The summed E-state index contributed by atoms with van der Waals surface area (Å²) in [6, 6.07) is 0. The van der Waals surface area contributed by atoms with Gasteiger partial charge in [0, 0.05) is 38.5 Å². The van der Waals surface area contributed by atoms with Crippen LogP contribution < -0.4 is 5.32 Å². The van der Waals surface area contributed by atoms with Crippen LogP contribution in [0, 0.1) is 0 Å². The summed E-state index contributed by atoms with van der Waals surface area (Å²) in [5, 5.41) is 7.23. The summed E-state index contributed by atoms with van der Waals surface area (Å²) < 4.78 is 28.9. The third-order valence-electron chi connectivity index (χ3n) is 4.49. The molecule has 1 aromatic heterocycles. The van der Waals surface area contributed by atoms with E-state index in [0.29, 0.717) is 31.9 Å². The van der Waals surface area contributed by atoms with E-state index in [1.54, 1.807) is 13.8 Å². The first-order valence-corrected chi connectivity index (χ1v) is 10.9. The maximum absolute atomic E-state index is 12.2. The maximum Gasteiger partial charge on any atom is 0.226 e. The fourth-order valence-electron chi connectivity index (χ4n) is 2.77. The number of hydrogen-bond acceptors (Lipinski definition) is 6. The normalized spacial score (nSPS) is 19.0. The second kappa shape index (κ2) is 10.0. The predicted octanol–water partition coefficient (Wildman–Crippen LogP) is 2.22. The lowest BCUT2D eigenvalue weighted by Crippen LogP contribution is -2.57. The highest BCUT2D eigenvalue weighted by atomic mass is 127. The number of rotatable bonds is 6. The molecule has 156 valence electrons. The number of nitrogens with zero attached hydrogens (tertiary/aromatic N) is 4. The average molecular weight is 513 g/mol. The standard InChI is InChI=1S/C17H31N5O3S.HI/c1-6-18-16(22-10-11-26(23,24)17(4,5)12-22)19-9-7-8-14-20-15(13(2)3)21-25-14;/h13H,6-12H2,1-5H3,(H,18,19);1H. The minimum absolute atomic E-state index is 0. The van der Waals surface area contributed by atoms with Crippen LogP contribution in [-0.4, -0.2) is 66.1 Å². The molecule has 0 unspecified atom stereocenters. The van der Waals surface area contributed by atoms with Crippen LogP contribution >= 0.6 is 24.0 Å². The quantitative estimate of drug-likeness (QED) is 0.270. The van der Waals surface area contributed by atoms with Crippen LogP contribution in [0.25, 0.3) is 0 Å². The van der Waals surface area contributed by atoms with Gasteiger partial charge in [-0.2, -0.15) is 4.98 Å². The summed E-state index contributed by atoms with van der Waals surface area (Å²) in [5.41, 5.74) is 0. The molecule has 8 nitrogen and oxygen atoms in total. The monoisotopic (exact) mass is 513 g/mol. The zero-order valence-electron chi connectivity index (χ0n) is 16.9. The van der Waals surface area contributed by atoms with Crippen molar-refractivity contribution >= 4 is 39.8 Å². The fourth-order valence-corrected chi connectivity index (χ4v) is 4.14. The number of nitrogens with one attached hydrogen (secondary N) is 1. The molecular weight excluding hydrogens is 481 g/mol. The first kappa shape index (κ1) is 24.1. The fraction of sp³-hybridized carbons (Fsp3) is 0.824. The Morgan fingerprint density at radius 3 is 2.67 bits per heavy atom. The van der Waals surface area contributed by atoms with Gasteiger partial charge in [0.05, 0.1) is 10.5 Å². The summed E-state index contributed by atoms with van der Waals surface area (Å²) >= 11 is 0. The molecule has 0 spiro atoms. The van der Waals surface area contributed by atoms with Gasteiger partial charge in [0.1, 0.15) is 0 Å². The van der Waals surface area contributed by atoms with Crippen molar-refractivity contribution in [2.24, 2.45) is 4.99 Å². The summed E-state index contributed by atoms with van der Waals surface area (Å²) in [6.45, 7) is 11.9. The van der Waals surface area contributed by atoms with Gasteiger partial charge in [0.25, 0.3) is 0 Å². The van der Waals surface area contributed by atoms with Crippen LogP contribution in [-0.2, 0) is 16.3 Å². The van der Waals surface area contributed by atoms with E-state index in [1.165, 1.54) is 0 Å². The number of aromatic nitrogens is 2. The van der Waals surface area contributed by atoms with Gasteiger partial charge in [-0.3, -0.25) is 4.99 Å². The molecule has 1 fully saturated rings. The van der Waals surface area contributed by atoms with Gasteiger partial charge in [-0.15, -0.1) is 24.0 Å². The molecule has 0 radical (unpaired) electrons. The molecule has 2 heterocycles. The SMILES string of the molecule is CCNC(=NCCCc1nc(C(C)C)no1)N1CCS(=O)(=O)C(C)(C)C1.I. The average Bonchev–Trinajstić information content (AvgIpc) is 3.02. The van der Waals surface area contributed by atoms with E-state index in [2.05, 4.69) is 20.4 Å². The van der Waals surface area contributed by atoms with Crippen molar-refractivity contribution in [3.63, 3.8) is 0 Å². The van der Waals surface area contributed by atoms with Crippen LogP contribution in [0.15, 0.2) is 9.52 Å². The zero-order chi connectivity index (χ0) is 19.4. The van der Waals surface area contributed by atoms with Crippen molar-refractivity contribution < 1.29 is 12.9 Å². The molecule has 0 saturated carbocycles. The van der Waals surface area contributed by atoms with E-state index in [9.17, 15) is 8.42 Å². The highest BCUT2D eigenvalue weighted by molar-refractivity contribution is 14.0. The van der Waals surface area contributed by atoms with Crippen LogP contribution in [0.4, 0.5) is 0 Å². The number of halogens is 1. The zero-order valence-corrected chi connectivity index (χ0v) is 20.0. The lowest BCUT2D eigenvalue weighted by atomic mass is 10.2. The number of aliphatic imine (C=N–C) groups is 1. The van der Waals surface area contributed by atoms with Gasteiger partial charge >= 0.3 is 0 Å². The highest BCUT2D eigenvalue weighted by Gasteiger charge is 2.40. The van der Waals surface area contributed by atoms with Gasteiger partial charge < -0.3 is 14.7 Å². The summed E-state index contributed by atoms with van der Waals surface area (Å²) in [5.74, 6) is 2.55. The van der Waals surface area contributed by atoms with Crippen molar-refractivity contribution in [2.75, 3.05) is 31.9 Å². The molecule has 2 rings (SSSR count). The van der Waals surface area contributed by atoms with E-state index >= 15 is 0 Å². The predicted molar refractivity (Wildman–Crippen MR) is 118 cm³/mol. The van der Waals surface area contributed by atoms with Crippen LogP contribution in [0.3, 0.4) is 0 Å². The summed E-state index contributed by atoms with van der Waals surface area (Å²) in [6.07, 6.45) is 1.48. The van der Waals surface area contributed by atoms with Gasteiger partial charge in [-0.1, -0.05) is 19.0 Å². The minimum Gasteiger partial charge on any atom is -0.357 e. The van der Waals surface area contributed by atoms with E-state index in [-0.39, 0.29) is 35.6 Å². The summed E-state index contributed by atoms with van der Waals surface area (Å²) in [4.78, 5) is 11.1. The Morgan fingerprint density at radius 1 is 1.41 bits per heavy atom. The van der Waals surface area contributed by atoms with Crippen LogP contribution in [0.1, 0.15) is 58.7 Å². The topological polar surface area (TPSA) is 101 Å². The van der Waals surface area contributed by atoms with E-state index in [0.717, 1.165) is 24.7 Å². The smallest absolute Gasteiger partial charge is 0.226 e. The van der Waals surface area contributed by atoms with Crippen molar-refractivity contribution in [3.8, 4) is 0 Å². The Labute approximate surface area is 179 Å². The Hall–Kier alpha value is -0.910. The molecule has 0 atom stereocenters. The first-order valence-electron chi connectivity index (χ1n) is 9.24. The number of guanidine groups is 1. The van der Waals surface area contributed by atoms with Crippen molar-refractivity contribution in [2.45, 2.75) is 58.1 Å². The molecule has 1 saturated heterocycles. The molecule has 1 aromatic rings. The van der Waals surface area contributed by atoms with Gasteiger partial charge in [-0.25, -0.2) is 8.42 Å². The highest BCUT2D eigenvalue weighted by Crippen LogP contribution is 2.23. The second-order valence-corrected chi connectivity index (χ2v) is 10.3. The molecule has 0 amide bonds. The van der Waals surface area contributed by atoms with E-state index in [4.69, 9.17) is 4.52 Å². The van der Waals surface area contributed by atoms with Crippen molar-refractivity contribution in [1.29, 1.82) is 0 Å². The molecule has 10 heteroatoms. The third-order valence-corrected chi connectivity index (χ3v) is 7.02. The van der Waals surface area contributed by atoms with Crippen molar-refractivity contribution in [1.82, 2.24) is 20.4 Å². The second-order valence-electron chi connectivity index (χ2n) is 7.54. The Bertz CT molecular complexity index is 731. The lowest BCUT2D eigenvalue weighted by Gasteiger charge is -2.39. The number of sulfone groups is 1. The Kier molecular flexibility index (Phi) is 8.97. The van der Waals surface area contributed by atoms with E-state index in [1.807, 2.05) is 25.7 Å². The van der Waals surface area contributed by atoms with Gasteiger partial charge in [0.2, 0.25) is 5.89 Å². The van der Waals surface area contributed by atoms with Gasteiger partial charge in [0.15, 0.2) is 21.6 Å². The molecule has 0 bridgehead atoms. The van der Waals surface area contributed by atoms with E-state index < -0.39 is 14.6 Å². The molecule has 27 heavy (non-hydrogen) atoms. The lowest BCUT2D eigenvalue weighted by molar-refractivity contribution is 0.352. The Morgan fingerprint density at radius 2 is 2.11 bits per heavy atom. The van der Waals surface area contributed by atoms with Crippen molar-refractivity contribution in [3.05, 3.63) is 11.7 Å². The van der Waals surface area contributed by atoms with Crippen LogP contribution in [0.5, 0.6) is 0 Å². The molecule has 1 N–H and O–H groups in total. The summed E-state index contributed by atoms with van der Waals surface area (Å²) in [7, 11) is -3.06. The minimum atomic E-state index is -3.06. The number of aryl methyl sites for hydroxylation is 1. The third kappa shape index (κ3) is 6.30. The van der Waals surface area contributed by atoms with Crippen LogP contribution in [0.2, 0.25) is 0 Å². The molecule has 1 aliphatic rings. The molecular formula is C17H32IN5O3S.